The van der Waals surface area contributed by atoms with Crippen molar-refractivity contribution in [3.05, 3.63) is 46.7 Å². The van der Waals surface area contributed by atoms with E-state index in [4.69, 9.17) is 4.74 Å². The number of nitrogens with one attached hydrogen (secondary N) is 1. The van der Waals surface area contributed by atoms with E-state index >= 15 is 0 Å². The van der Waals surface area contributed by atoms with Gasteiger partial charge in [0.25, 0.3) is 0 Å². The smallest absolute Gasteiger partial charge is 0.169 e. The number of ether oxygens (including phenoxy) is 1. The maximum absolute atomic E-state index is 6.36. The van der Waals surface area contributed by atoms with Gasteiger partial charge in [0, 0.05) is 20.3 Å². The van der Waals surface area contributed by atoms with Crippen molar-refractivity contribution in [1.82, 2.24) is 0 Å². The third kappa shape index (κ3) is 2.43. The fourth-order valence-corrected chi connectivity index (χ4v) is 5.71. The average molecular weight is 366 g/mol. The quantitative estimate of drug-likeness (QED) is 0.329. The van der Waals surface area contributed by atoms with Crippen LogP contribution in [0.15, 0.2) is 41.8 Å². The molecule has 3 heterocycles. The zero-order chi connectivity index (χ0) is 16.8. The second kappa shape index (κ2) is 6.04. The van der Waals surface area contributed by atoms with E-state index in [2.05, 4.69) is 35.8 Å². The molecule has 25 heavy (non-hydrogen) atoms. The molecule has 0 saturated carbocycles. The van der Waals surface area contributed by atoms with Crippen LogP contribution in [-0.2, 0) is 6.42 Å². The van der Waals surface area contributed by atoms with Crippen molar-refractivity contribution in [3.8, 4) is 11.5 Å². The van der Waals surface area contributed by atoms with Gasteiger partial charge in [0.1, 0.15) is 0 Å². The van der Waals surface area contributed by atoms with Crippen molar-refractivity contribution in [3.63, 3.8) is 0 Å². The third-order valence-electron chi connectivity index (χ3n) is 4.78. The fourth-order valence-electron chi connectivity index (χ4n) is 3.53. The number of hydrogen-bond acceptors (Lipinski definition) is 4. The molecule has 1 N–H and O–H groups in total. The minimum absolute atomic E-state index is 0.909. The Morgan fingerprint density at radius 3 is 2.88 bits per heavy atom. The summed E-state index contributed by atoms with van der Waals surface area (Å²) in [6, 6.07) is 12.8. The molecule has 2 aromatic carbocycles. The Morgan fingerprint density at radius 1 is 1.04 bits per heavy atom. The molecular formula is C21H19NOS2. The Hall–Kier alpha value is -2.04. The Morgan fingerprint density at radius 2 is 1.96 bits per heavy atom. The molecule has 2 aromatic heterocycles. The highest BCUT2D eigenvalue weighted by Crippen LogP contribution is 2.53. The zero-order valence-electron chi connectivity index (χ0n) is 14.1. The van der Waals surface area contributed by atoms with Gasteiger partial charge < -0.3 is 10.1 Å². The monoisotopic (exact) mass is 365 g/mol. The molecule has 126 valence electrons. The molecule has 0 spiro atoms. The van der Waals surface area contributed by atoms with Crippen LogP contribution in [-0.4, -0.2) is 0 Å². The molecule has 2 nitrogen and oxygen atoms in total. The molecule has 0 aliphatic carbocycles. The molecule has 0 saturated heterocycles. The summed E-state index contributed by atoms with van der Waals surface area (Å²) in [5.74, 6) is 1.90. The molecular weight excluding hydrogens is 346 g/mol. The molecule has 0 unspecified atom stereocenters. The van der Waals surface area contributed by atoms with E-state index in [-0.39, 0.29) is 0 Å². The number of unbranched alkanes of at least 4 members (excludes halogenated alkanes) is 2. The van der Waals surface area contributed by atoms with E-state index in [9.17, 15) is 0 Å². The van der Waals surface area contributed by atoms with Crippen LogP contribution in [0.1, 0.15) is 31.1 Å². The lowest BCUT2D eigenvalue weighted by molar-refractivity contribution is 0.488. The predicted octanol–water partition coefficient (Wildman–Crippen LogP) is 7.70. The van der Waals surface area contributed by atoms with E-state index in [1.165, 1.54) is 50.7 Å². The number of anilines is 2. The summed E-state index contributed by atoms with van der Waals surface area (Å²) >= 11 is 3.72. The van der Waals surface area contributed by atoms with Gasteiger partial charge in [-0.05, 0) is 42.5 Å². The van der Waals surface area contributed by atoms with Crippen LogP contribution in [0.3, 0.4) is 0 Å². The van der Waals surface area contributed by atoms with E-state index in [0.29, 0.717) is 0 Å². The molecule has 1 aliphatic heterocycles. The van der Waals surface area contributed by atoms with Gasteiger partial charge in [-0.3, -0.25) is 0 Å². The third-order valence-corrected chi connectivity index (χ3v) is 6.92. The van der Waals surface area contributed by atoms with Gasteiger partial charge in [-0.2, -0.15) is 0 Å². The minimum Gasteiger partial charge on any atom is -0.451 e. The standard InChI is InChI=1S/C21H19NOS2/c1-2-3-4-7-13-12-15-20-14(10-11-24-20)18-19(21(15)25-13)23-17-9-6-5-8-16(17)22-18/h5-6,8-12,22H,2-4,7H2,1H3. The van der Waals surface area contributed by atoms with Crippen molar-refractivity contribution in [2.24, 2.45) is 0 Å². The van der Waals surface area contributed by atoms with Crippen LogP contribution >= 0.6 is 22.7 Å². The minimum atomic E-state index is 0.909. The topological polar surface area (TPSA) is 21.3 Å². The second-order valence-electron chi connectivity index (χ2n) is 6.50. The van der Waals surface area contributed by atoms with Crippen molar-refractivity contribution in [1.29, 1.82) is 0 Å². The van der Waals surface area contributed by atoms with Gasteiger partial charge in [0.2, 0.25) is 0 Å². The number of hydrogen-bond donors (Lipinski definition) is 1. The first kappa shape index (κ1) is 15.2. The van der Waals surface area contributed by atoms with Crippen molar-refractivity contribution >= 4 is 54.2 Å². The first-order valence-corrected chi connectivity index (χ1v) is 10.5. The predicted molar refractivity (Wildman–Crippen MR) is 110 cm³/mol. The van der Waals surface area contributed by atoms with Crippen molar-refractivity contribution < 1.29 is 4.74 Å². The number of para-hydroxylation sites is 2. The average Bonchev–Trinajstić information content (AvgIpc) is 3.27. The molecule has 0 amide bonds. The molecule has 0 fully saturated rings. The van der Waals surface area contributed by atoms with E-state index in [0.717, 1.165) is 22.9 Å². The number of fused-ring (bicyclic) bond motifs is 7. The van der Waals surface area contributed by atoms with Crippen LogP contribution in [0.2, 0.25) is 0 Å². The Bertz CT molecular complexity index is 1080. The number of benzene rings is 2. The lowest BCUT2D eigenvalue weighted by Crippen LogP contribution is -2.02. The Labute approximate surface area is 155 Å². The summed E-state index contributed by atoms with van der Waals surface area (Å²) in [5.41, 5.74) is 2.16. The second-order valence-corrected chi connectivity index (χ2v) is 8.56. The fraction of sp³-hybridized carbons (Fsp3) is 0.238. The lowest BCUT2D eigenvalue weighted by Gasteiger charge is -2.23. The first-order valence-electron chi connectivity index (χ1n) is 8.84. The Balaban J connectivity index is 1.70. The molecule has 4 aromatic rings. The van der Waals surface area contributed by atoms with Gasteiger partial charge in [-0.1, -0.05) is 31.9 Å². The highest BCUT2D eigenvalue weighted by Gasteiger charge is 2.24. The number of rotatable bonds is 4. The summed E-state index contributed by atoms with van der Waals surface area (Å²) in [6.45, 7) is 2.26. The van der Waals surface area contributed by atoms with Crippen molar-refractivity contribution in [2.75, 3.05) is 5.32 Å². The van der Waals surface area contributed by atoms with Crippen molar-refractivity contribution in [2.45, 2.75) is 32.6 Å². The maximum atomic E-state index is 6.36. The molecule has 0 bridgehead atoms. The molecule has 0 radical (unpaired) electrons. The Kier molecular flexibility index (Phi) is 3.68. The highest BCUT2D eigenvalue weighted by atomic mass is 32.1. The van der Waals surface area contributed by atoms with Gasteiger partial charge in [-0.25, -0.2) is 0 Å². The summed E-state index contributed by atoms with van der Waals surface area (Å²) < 4.78 is 9.00. The van der Waals surface area contributed by atoms with Gasteiger partial charge in [-0.15, -0.1) is 22.7 Å². The summed E-state index contributed by atoms with van der Waals surface area (Å²) in [6.07, 6.45) is 4.99. The van der Waals surface area contributed by atoms with Crippen LogP contribution in [0.25, 0.3) is 20.2 Å². The van der Waals surface area contributed by atoms with Crippen LogP contribution in [0.4, 0.5) is 11.4 Å². The summed E-state index contributed by atoms with van der Waals surface area (Å²) in [7, 11) is 0. The molecule has 5 rings (SSSR count). The van der Waals surface area contributed by atoms with Gasteiger partial charge >= 0.3 is 0 Å². The van der Waals surface area contributed by atoms with Gasteiger partial charge in [0.05, 0.1) is 16.1 Å². The van der Waals surface area contributed by atoms with Crippen LogP contribution in [0, 0.1) is 0 Å². The van der Waals surface area contributed by atoms with E-state index in [1.807, 2.05) is 40.9 Å². The first-order chi connectivity index (χ1) is 12.3. The van der Waals surface area contributed by atoms with E-state index in [1.54, 1.807) is 0 Å². The van der Waals surface area contributed by atoms with Gasteiger partial charge in [0.15, 0.2) is 11.5 Å². The zero-order valence-corrected chi connectivity index (χ0v) is 15.7. The summed E-state index contributed by atoms with van der Waals surface area (Å²) in [5, 5.41) is 8.41. The molecule has 0 atom stereocenters. The van der Waals surface area contributed by atoms with Crippen LogP contribution < -0.4 is 10.1 Å². The SMILES string of the molecule is CCCCCc1cc2c(s1)c1c(c3ccsc32)Nc2ccccc2O1. The molecule has 4 heteroatoms. The summed E-state index contributed by atoms with van der Waals surface area (Å²) in [4.78, 5) is 1.47. The molecule has 1 aliphatic rings. The number of thiophene rings is 2. The van der Waals surface area contributed by atoms with E-state index < -0.39 is 0 Å². The lowest BCUT2D eigenvalue weighted by atomic mass is 10.1. The largest absolute Gasteiger partial charge is 0.451 e. The normalized spacial score (nSPS) is 12.7. The highest BCUT2D eigenvalue weighted by molar-refractivity contribution is 7.22. The maximum Gasteiger partial charge on any atom is 0.169 e. The number of aryl methyl sites for hydroxylation is 1. The van der Waals surface area contributed by atoms with Crippen LogP contribution in [0.5, 0.6) is 11.5 Å².